The second kappa shape index (κ2) is 7.60. The van der Waals surface area contributed by atoms with Gasteiger partial charge in [-0.05, 0) is 36.1 Å². The summed E-state index contributed by atoms with van der Waals surface area (Å²) in [5.74, 6) is -0.0690. The molecule has 1 N–H and O–H groups in total. The summed E-state index contributed by atoms with van der Waals surface area (Å²) in [5.41, 5.74) is 4.84. The van der Waals surface area contributed by atoms with Crippen LogP contribution in [0.4, 0.5) is 5.69 Å². The average molecular weight is 351 g/mol. The molecular weight excluding hydrogens is 326 g/mol. The molecule has 0 aliphatic heterocycles. The Balaban J connectivity index is 1.79. The zero-order chi connectivity index (χ0) is 18.7. The summed E-state index contributed by atoms with van der Waals surface area (Å²) in [6.07, 6.45) is 1.99. The Bertz CT molecular complexity index is 976. The molecule has 3 aromatic rings. The molecule has 0 saturated carbocycles. The summed E-state index contributed by atoms with van der Waals surface area (Å²) in [4.78, 5) is 25.0. The zero-order valence-corrected chi connectivity index (χ0v) is 15.6. The number of nitrogens with zero attached hydrogens (tertiary/aromatic N) is 2. The highest BCUT2D eigenvalue weighted by Crippen LogP contribution is 2.23. The van der Waals surface area contributed by atoms with Gasteiger partial charge < -0.3 is 5.32 Å². The number of rotatable bonds is 6. The van der Waals surface area contributed by atoms with Crippen molar-refractivity contribution in [3.63, 3.8) is 0 Å². The smallest absolute Gasteiger partial charge is 0.326 e. The number of imidazole rings is 1. The van der Waals surface area contributed by atoms with Gasteiger partial charge in [-0.25, -0.2) is 4.79 Å². The second-order valence-corrected chi connectivity index (χ2v) is 6.44. The van der Waals surface area contributed by atoms with Gasteiger partial charge >= 0.3 is 5.69 Å². The molecule has 5 nitrogen and oxygen atoms in total. The van der Waals surface area contributed by atoms with Crippen LogP contribution >= 0.6 is 0 Å². The van der Waals surface area contributed by atoms with Crippen LogP contribution < -0.4 is 11.0 Å². The van der Waals surface area contributed by atoms with E-state index >= 15 is 0 Å². The van der Waals surface area contributed by atoms with Gasteiger partial charge in [0.2, 0.25) is 5.91 Å². The summed E-state index contributed by atoms with van der Waals surface area (Å²) in [6, 6.07) is 13.8. The second-order valence-electron chi connectivity index (χ2n) is 6.44. The Hall–Kier alpha value is -2.82. The first-order valence-corrected chi connectivity index (χ1v) is 9.11. The molecule has 0 saturated heterocycles. The molecule has 0 spiro atoms. The number of nitrogens with one attached hydrogen (secondary N) is 1. The molecule has 0 aliphatic rings. The van der Waals surface area contributed by atoms with E-state index in [1.54, 1.807) is 16.2 Å². The summed E-state index contributed by atoms with van der Waals surface area (Å²) in [6.45, 7) is 4.53. The maximum atomic E-state index is 12.5. The van der Waals surface area contributed by atoms with Crippen LogP contribution in [-0.2, 0) is 31.2 Å². The molecule has 26 heavy (non-hydrogen) atoms. The number of amides is 1. The fraction of sp³-hybridized carbons (Fsp3) is 0.333. The lowest BCUT2D eigenvalue weighted by Crippen LogP contribution is -2.25. The Kier molecular flexibility index (Phi) is 5.26. The highest BCUT2D eigenvalue weighted by Gasteiger charge is 2.13. The van der Waals surface area contributed by atoms with Crippen molar-refractivity contribution in [1.82, 2.24) is 9.13 Å². The molecule has 2 aromatic carbocycles. The van der Waals surface area contributed by atoms with E-state index < -0.39 is 0 Å². The topological polar surface area (TPSA) is 56.0 Å². The third-order valence-electron chi connectivity index (χ3n) is 4.88. The average Bonchev–Trinajstić information content (AvgIpc) is 2.91. The van der Waals surface area contributed by atoms with Crippen LogP contribution in [0.15, 0.2) is 47.3 Å². The third-order valence-corrected chi connectivity index (χ3v) is 4.88. The minimum Gasteiger partial charge on any atom is -0.326 e. The first kappa shape index (κ1) is 18.0. The summed E-state index contributed by atoms with van der Waals surface area (Å²) < 4.78 is 3.29. The van der Waals surface area contributed by atoms with Crippen molar-refractivity contribution in [2.45, 2.75) is 39.7 Å². The van der Waals surface area contributed by atoms with Crippen LogP contribution in [0.25, 0.3) is 11.0 Å². The van der Waals surface area contributed by atoms with Crippen molar-refractivity contribution in [3.8, 4) is 0 Å². The molecule has 0 radical (unpaired) electrons. The lowest BCUT2D eigenvalue weighted by molar-refractivity contribution is -0.116. The predicted molar refractivity (Wildman–Crippen MR) is 106 cm³/mol. The van der Waals surface area contributed by atoms with Crippen LogP contribution in [0, 0.1) is 0 Å². The van der Waals surface area contributed by atoms with E-state index in [2.05, 4.69) is 19.2 Å². The van der Waals surface area contributed by atoms with Gasteiger partial charge in [-0.2, -0.15) is 0 Å². The number of hydrogen-bond donors (Lipinski definition) is 1. The Morgan fingerprint density at radius 1 is 0.962 bits per heavy atom. The maximum Gasteiger partial charge on any atom is 0.328 e. The van der Waals surface area contributed by atoms with Gasteiger partial charge in [0, 0.05) is 25.7 Å². The van der Waals surface area contributed by atoms with Crippen molar-refractivity contribution in [3.05, 3.63) is 64.1 Å². The fourth-order valence-electron chi connectivity index (χ4n) is 3.40. The fourth-order valence-corrected chi connectivity index (χ4v) is 3.40. The lowest BCUT2D eigenvalue weighted by atomic mass is 10.0. The van der Waals surface area contributed by atoms with Gasteiger partial charge in [-0.1, -0.05) is 44.2 Å². The van der Waals surface area contributed by atoms with Gasteiger partial charge in [-0.3, -0.25) is 13.9 Å². The normalized spacial score (nSPS) is 11.0. The minimum absolute atomic E-state index is 0.0690. The summed E-state index contributed by atoms with van der Waals surface area (Å²) in [7, 11) is 1.76. The molecule has 0 atom stereocenters. The third kappa shape index (κ3) is 3.29. The largest absolute Gasteiger partial charge is 0.328 e. The van der Waals surface area contributed by atoms with Gasteiger partial charge in [0.25, 0.3) is 0 Å². The summed E-state index contributed by atoms with van der Waals surface area (Å²) >= 11 is 0. The van der Waals surface area contributed by atoms with Crippen LogP contribution in [0.1, 0.15) is 31.4 Å². The van der Waals surface area contributed by atoms with Gasteiger partial charge in [0.1, 0.15) is 0 Å². The number of carbonyl (C=O) groups excluding carboxylic acids is 1. The van der Waals surface area contributed by atoms with E-state index in [4.69, 9.17) is 0 Å². The van der Waals surface area contributed by atoms with Gasteiger partial charge in [0.05, 0.1) is 11.0 Å². The van der Waals surface area contributed by atoms with E-state index in [0.717, 1.165) is 40.7 Å². The van der Waals surface area contributed by atoms with Crippen LogP contribution in [0.5, 0.6) is 0 Å². The van der Waals surface area contributed by atoms with E-state index in [1.807, 2.05) is 42.5 Å². The number of para-hydroxylation sites is 3. The molecule has 1 aromatic heterocycles. The number of fused-ring (bicyclic) bond motifs is 1. The van der Waals surface area contributed by atoms with E-state index in [9.17, 15) is 9.59 Å². The van der Waals surface area contributed by atoms with Gasteiger partial charge in [-0.15, -0.1) is 0 Å². The molecule has 1 heterocycles. The number of anilines is 1. The number of aryl methyl sites for hydroxylation is 4. The minimum atomic E-state index is -0.0952. The number of aromatic nitrogens is 2. The molecular formula is C21H25N3O2. The molecule has 136 valence electrons. The highest BCUT2D eigenvalue weighted by molar-refractivity contribution is 5.92. The van der Waals surface area contributed by atoms with Crippen LogP contribution in [-0.4, -0.2) is 15.0 Å². The first-order valence-electron chi connectivity index (χ1n) is 9.11. The SMILES string of the molecule is CCc1cccc(CC)c1NC(=O)CCn1c(=O)n(C)c2ccccc21. The molecule has 0 aliphatic carbocycles. The Morgan fingerprint density at radius 3 is 2.19 bits per heavy atom. The molecule has 3 rings (SSSR count). The number of hydrogen-bond acceptors (Lipinski definition) is 2. The molecule has 0 fully saturated rings. The molecule has 1 amide bonds. The highest BCUT2D eigenvalue weighted by atomic mass is 16.2. The van der Waals surface area contributed by atoms with Gasteiger partial charge in [0.15, 0.2) is 0 Å². The lowest BCUT2D eigenvalue weighted by Gasteiger charge is -2.14. The number of carbonyl (C=O) groups is 1. The van der Waals surface area contributed by atoms with Crippen molar-refractivity contribution < 1.29 is 4.79 Å². The van der Waals surface area contributed by atoms with E-state index in [1.165, 1.54) is 0 Å². The number of benzene rings is 2. The molecule has 0 unspecified atom stereocenters. The van der Waals surface area contributed by atoms with E-state index in [-0.39, 0.29) is 18.0 Å². The van der Waals surface area contributed by atoms with Crippen LogP contribution in [0.3, 0.4) is 0 Å². The predicted octanol–water partition coefficient (Wildman–Crippen LogP) is 3.49. The first-order chi connectivity index (χ1) is 12.6. The monoisotopic (exact) mass is 351 g/mol. The maximum absolute atomic E-state index is 12.5. The molecule has 5 heteroatoms. The van der Waals surface area contributed by atoms with Crippen molar-refractivity contribution in [2.75, 3.05) is 5.32 Å². The van der Waals surface area contributed by atoms with Crippen molar-refractivity contribution in [2.24, 2.45) is 7.05 Å². The molecule has 0 bridgehead atoms. The zero-order valence-electron chi connectivity index (χ0n) is 15.6. The van der Waals surface area contributed by atoms with E-state index in [0.29, 0.717) is 6.54 Å². The van der Waals surface area contributed by atoms with Crippen molar-refractivity contribution in [1.29, 1.82) is 0 Å². The quantitative estimate of drug-likeness (QED) is 0.739. The standard InChI is InChI=1S/C21H25N3O2/c1-4-15-9-8-10-16(5-2)20(15)22-19(25)13-14-24-18-12-7-6-11-17(18)23(3)21(24)26/h6-12H,4-5,13-14H2,1-3H3,(H,22,25). The Morgan fingerprint density at radius 2 is 1.58 bits per heavy atom. The van der Waals surface area contributed by atoms with Crippen molar-refractivity contribution >= 4 is 22.6 Å². The van der Waals surface area contributed by atoms with Crippen LogP contribution in [0.2, 0.25) is 0 Å². The summed E-state index contributed by atoms with van der Waals surface area (Å²) in [5, 5.41) is 3.06. The Labute approximate surface area is 153 Å².